The van der Waals surface area contributed by atoms with Crippen LogP contribution < -0.4 is 5.73 Å². The number of halogens is 2. The summed E-state index contributed by atoms with van der Waals surface area (Å²) in [4.78, 5) is 36.6. The molecule has 0 saturated carbocycles. The molecule has 2 amide bonds. The predicted molar refractivity (Wildman–Crippen MR) is 92.6 cm³/mol. The van der Waals surface area contributed by atoms with Crippen molar-refractivity contribution >= 4 is 39.8 Å². The zero-order chi connectivity index (χ0) is 18.4. The van der Waals surface area contributed by atoms with E-state index in [0.29, 0.717) is 17.4 Å². The largest absolute Gasteiger partial charge is 0.452 e. The number of piperidine rings is 1. The predicted octanol–water partition coefficient (Wildman–Crippen LogP) is 2.01. The molecule has 8 heteroatoms. The number of amides is 2. The number of likely N-dealkylation sites (tertiary alicyclic amines) is 1. The van der Waals surface area contributed by atoms with Crippen LogP contribution in [0.4, 0.5) is 4.39 Å². The Hall–Kier alpha value is -2.22. The number of nitrogens with two attached hydrogens (primary N) is 1. The molecule has 0 radical (unpaired) electrons. The second kappa shape index (κ2) is 8.75. The number of hydrogen-bond donors (Lipinski definition) is 1. The van der Waals surface area contributed by atoms with E-state index < -0.39 is 36.2 Å². The van der Waals surface area contributed by atoms with Gasteiger partial charge in [0.05, 0.1) is 0 Å². The van der Waals surface area contributed by atoms with E-state index in [1.54, 1.807) is 0 Å². The average molecular weight is 413 g/mol. The van der Waals surface area contributed by atoms with Gasteiger partial charge in [0.2, 0.25) is 5.91 Å². The maximum atomic E-state index is 13.6. The van der Waals surface area contributed by atoms with Crippen molar-refractivity contribution < 1.29 is 23.5 Å². The first kappa shape index (κ1) is 19.1. The molecule has 1 heterocycles. The minimum atomic E-state index is -0.777. The first-order chi connectivity index (χ1) is 11.9. The van der Waals surface area contributed by atoms with E-state index in [0.717, 1.165) is 18.9 Å². The maximum absolute atomic E-state index is 13.6. The normalized spacial score (nSPS) is 17.5. The first-order valence-electron chi connectivity index (χ1n) is 7.77. The van der Waals surface area contributed by atoms with Crippen LogP contribution in [-0.4, -0.2) is 41.9 Å². The van der Waals surface area contributed by atoms with Crippen LogP contribution in [0.3, 0.4) is 0 Å². The highest BCUT2D eigenvalue weighted by Crippen LogP contribution is 2.18. The molecule has 134 valence electrons. The van der Waals surface area contributed by atoms with E-state index in [1.165, 1.54) is 29.2 Å². The fourth-order valence-electron chi connectivity index (χ4n) is 2.59. The molecule has 1 aliphatic rings. The van der Waals surface area contributed by atoms with Gasteiger partial charge in [-0.15, -0.1) is 0 Å². The molecule has 1 saturated heterocycles. The molecule has 1 aromatic carbocycles. The molecule has 0 aromatic heterocycles. The van der Waals surface area contributed by atoms with Crippen LogP contribution in [0.5, 0.6) is 0 Å². The Morgan fingerprint density at radius 1 is 1.36 bits per heavy atom. The lowest BCUT2D eigenvalue weighted by molar-refractivity contribution is -0.151. The first-order valence-corrected chi connectivity index (χ1v) is 8.56. The highest BCUT2D eigenvalue weighted by Gasteiger charge is 2.30. The van der Waals surface area contributed by atoms with Gasteiger partial charge in [-0.05, 0) is 43.5 Å². The zero-order valence-corrected chi connectivity index (χ0v) is 15.0. The third-order valence-corrected chi connectivity index (χ3v) is 4.34. The molecular formula is C17H18BrFN2O4. The molecule has 2 rings (SSSR count). The van der Waals surface area contributed by atoms with E-state index in [-0.39, 0.29) is 5.56 Å². The summed E-state index contributed by atoms with van der Waals surface area (Å²) < 4.78 is 19.1. The summed E-state index contributed by atoms with van der Waals surface area (Å²) in [5.74, 6) is -2.30. The standard InChI is InChI=1S/C17H18BrFN2O4/c18-12-5-6-13(19)11(9-12)4-7-16(23)25-10-15(22)21-8-2-1-3-14(21)17(20)24/h4-7,9,14H,1-3,8,10H2,(H2,20,24)/b7-4+/t14-/m0/s1. The Balaban J connectivity index is 1.90. The van der Waals surface area contributed by atoms with Gasteiger partial charge < -0.3 is 15.4 Å². The number of nitrogens with zero attached hydrogens (tertiary/aromatic N) is 1. The molecule has 6 nitrogen and oxygen atoms in total. The van der Waals surface area contributed by atoms with Gasteiger partial charge in [-0.3, -0.25) is 9.59 Å². The lowest BCUT2D eigenvalue weighted by atomic mass is 10.0. The van der Waals surface area contributed by atoms with Crippen molar-refractivity contribution in [2.45, 2.75) is 25.3 Å². The fourth-order valence-corrected chi connectivity index (χ4v) is 2.97. The minimum absolute atomic E-state index is 0.211. The van der Waals surface area contributed by atoms with Gasteiger partial charge >= 0.3 is 5.97 Å². The molecule has 1 aromatic rings. The van der Waals surface area contributed by atoms with E-state index in [1.807, 2.05) is 0 Å². The van der Waals surface area contributed by atoms with Gasteiger partial charge in [-0.25, -0.2) is 9.18 Å². The van der Waals surface area contributed by atoms with Crippen molar-refractivity contribution in [3.63, 3.8) is 0 Å². The van der Waals surface area contributed by atoms with Crippen molar-refractivity contribution in [1.29, 1.82) is 0 Å². The van der Waals surface area contributed by atoms with Crippen molar-refractivity contribution in [3.05, 3.63) is 40.1 Å². The highest BCUT2D eigenvalue weighted by atomic mass is 79.9. The number of esters is 1. The summed E-state index contributed by atoms with van der Waals surface area (Å²) in [5.41, 5.74) is 5.51. The van der Waals surface area contributed by atoms with Crippen LogP contribution in [0.1, 0.15) is 24.8 Å². The molecule has 2 N–H and O–H groups in total. The number of rotatable bonds is 5. The van der Waals surface area contributed by atoms with Gasteiger partial charge in [0.25, 0.3) is 5.91 Å². The second-order valence-electron chi connectivity index (χ2n) is 5.61. The number of hydrogen-bond acceptors (Lipinski definition) is 4. The van der Waals surface area contributed by atoms with E-state index in [9.17, 15) is 18.8 Å². The van der Waals surface area contributed by atoms with Gasteiger partial charge in [-0.2, -0.15) is 0 Å². The van der Waals surface area contributed by atoms with Crippen LogP contribution in [-0.2, 0) is 19.1 Å². The summed E-state index contributed by atoms with van der Waals surface area (Å²) >= 11 is 3.21. The van der Waals surface area contributed by atoms with Gasteiger partial charge in [0, 0.05) is 22.7 Å². The highest BCUT2D eigenvalue weighted by molar-refractivity contribution is 9.10. The van der Waals surface area contributed by atoms with E-state index in [4.69, 9.17) is 10.5 Å². The second-order valence-corrected chi connectivity index (χ2v) is 6.52. The molecule has 1 fully saturated rings. The van der Waals surface area contributed by atoms with Crippen LogP contribution in [0.2, 0.25) is 0 Å². The number of primary amides is 1. The Morgan fingerprint density at radius 2 is 2.12 bits per heavy atom. The lowest BCUT2D eigenvalue weighted by Gasteiger charge is -2.33. The molecule has 1 atom stereocenters. The van der Waals surface area contributed by atoms with Crippen LogP contribution >= 0.6 is 15.9 Å². The minimum Gasteiger partial charge on any atom is -0.452 e. The number of carbonyl (C=O) groups excluding carboxylic acids is 3. The Labute approximate surface area is 152 Å². The van der Waals surface area contributed by atoms with Crippen molar-refractivity contribution in [2.24, 2.45) is 5.73 Å². The summed E-state index contributed by atoms with van der Waals surface area (Å²) in [5, 5.41) is 0. The summed E-state index contributed by atoms with van der Waals surface area (Å²) in [7, 11) is 0. The molecule has 0 bridgehead atoms. The molecular weight excluding hydrogens is 395 g/mol. The molecule has 25 heavy (non-hydrogen) atoms. The van der Waals surface area contributed by atoms with Crippen LogP contribution in [0.25, 0.3) is 6.08 Å². The average Bonchev–Trinajstić information content (AvgIpc) is 2.60. The van der Waals surface area contributed by atoms with Crippen LogP contribution in [0, 0.1) is 5.82 Å². The quantitative estimate of drug-likeness (QED) is 0.591. The molecule has 0 aliphatic carbocycles. The molecule has 0 spiro atoms. The lowest BCUT2D eigenvalue weighted by Crippen LogP contribution is -2.51. The van der Waals surface area contributed by atoms with E-state index >= 15 is 0 Å². The Bertz CT molecular complexity index is 708. The zero-order valence-electron chi connectivity index (χ0n) is 13.4. The molecule has 1 aliphatic heterocycles. The Morgan fingerprint density at radius 3 is 2.84 bits per heavy atom. The molecule has 0 unspecified atom stereocenters. The fraction of sp³-hybridized carbons (Fsp3) is 0.353. The summed E-state index contributed by atoms with van der Waals surface area (Å²) in [6.07, 6.45) is 4.40. The smallest absolute Gasteiger partial charge is 0.331 e. The van der Waals surface area contributed by atoms with Gasteiger partial charge in [-0.1, -0.05) is 15.9 Å². The van der Waals surface area contributed by atoms with Crippen molar-refractivity contribution in [3.8, 4) is 0 Å². The monoisotopic (exact) mass is 412 g/mol. The number of ether oxygens (including phenoxy) is 1. The number of carbonyl (C=O) groups is 3. The van der Waals surface area contributed by atoms with Crippen molar-refractivity contribution in [2.75, 3.05) is 13.2 Å². The van der Waals surface area contributed by atoms with E-state index in [2.05, 4.69) is 15.9 Å². The SMILES string of the molecule is NC(=O)[C@@H]1CCCCN1C(=O)COC(=O)/C=C/c1cc(Br)ccc1F. The third kappa shape index (κ3) is 5.38. The Kier molecular flexibility index (Phi) is 6.69. The van der Waals surface area contributed by atoms with Crippen LogP contribution in [0.15, 0.2) is 28.7 Å². The topological polar surface area (TPSA) is 89.7 Å². The maximum Gasteiger partial charge on any atom is 0.331 e. The number of benzene rings is 1. The summed E-state index contributed by atoms with van der Waals surface area (Å²) in [6, 6.07) is 3.65. The van der Waals surface area contributed by atoms with Gasteiger partial charge in [0.1, 0.15) is 11.9 Å². The summed E-state index contributed by atoms with van der Waals surface area (Å²) in [6.45, 7) is -0.0863. The van der Waals surface area contributed by atoms with Crippen molar-refractivity contribution in [1.82, 2.24) is 4.90 Å². The third-order valence-electron chi connectivity index (χ3n) is 3.85. The van der Waals surface area contributed by atoms with Gasteiger partial charge in [0.15, 0.2) is 6.61 Å².